The number of benzene rings is 2. The van der Waals surface area contributed by atoms with E-state index in [2.05, 4.69) is 4.98 Å². The summed E-state index contributed by atoms with van der Waals surface area (Å²) in [5.74, 6) is 2.70. The Bertz CT molecular complexity index is 1010. The summed E-state index contributed by atoms with van der Waals surface area (Å²) >= 11 is 1.65. The minimum atomic E-state index is -0.757. The fraction of sp³-hybridized carbons (Fsp3) is 0.304. The molecule has 0 aliphatic carbocycles. The van der Waals surface area contributed by atoms with Crippen molar-refractivity contribution in [2.75, 3.05) is 11.6 Å². The molecule has 1 fully saturated rings. The topological polar surface area (TPSA) is 75.8 Å². The Kier molecular flexibility index (Phi) is 6.11. The van der Waals surface area contributed by atoms with Crippen molar-refractivity contribution in [1.29, 1.82) is 0 Å². The van der Waals surface area contributed by atoms with Crippen LogP contribution in [0, 0.1) is 13.8 Å². The van der Waals surface area contributed by atoms with Crippen LogP contribution in [0.1, 0.15) is 22.6 Å². The van der Waals surface area contributed by atoms with Crippen molar-refractivity contribution >= 4 is 17.7 Å². The van der Waals surface area contributed by atoms with Crippen LogP contribution in [-0.2, 0) is 17.9 Å². The number of hydrogen-bond acceptors (Lipinski definition) is 6. The summed E-state index contributed by atoms with van der Waals surface area (Å²) in [6.07, 6.45) is 0. The van der Waals surface area contributed by atoms with Crippen LogP contribution in [-0.4, -0.2) is 38.6 Å². The zero-order chi connectivity index (χ0) is 21.1. The van der Waals surface area contributed by atoms with Gasteiger partial charge in [-0.2, -0.15) is 0 Å². The number of carbonyl (C=O) groups is 1. The number of ether oxygens (including phenoxy) is 1. The van der Waals surface area contributed by atoms with E-state index in [9.17, 15) is 9.90 Å². The Morgan fingerprint density at radius 2 is 1.93 bits per heavy atom. The molecule has 1 atom stereocenters. The summed E-state index contributed by atoms with van der Waals surface area (Å²) in [6.45, 7) is 4.88. The zero-order valence-corrected chi connectivity index (χ0v) is 17.8. The number of nitrogens with zero attached hydrogens (tertiary/aromatic N) is 2. The summed E-state index contributed by atoms with van der Waals surface area (Å²) in [5.41, 5.74) is 3.97. The first-order chi connectivity index (χ1) is 14.5. The Hall–Kier alpha value is -2.77. The molecule has 6 nitrogen and oxygen atoms in total. The van der Waals surface area contributed by atoms with Crippen molar-refractivity contribution in [2.24, 2.45) is 0 Å². The van der Waals surface area contributed by atoms with Gasteiger partial charge >= 0.3 is 5.97 Å². The van der Waals surface area contributed by atoms with E-state index in [0.717, 1.165) is 34.2 Å². The van der Waals surface area contributed by atoms with Crippen molar-refractivity contribution in [2.45, 2.75) is 33.0 Å². The van der Waals surface area contributed by atoms with E-state index in [-0.39, 0.29) is 0 Å². The molecule has 30 heavy (non-hydrogen) atoms. The molecule has 3 aromatic rings. The molecule has 1 aromatic heterocycles. The zero-order valence-electron chi connectivity index (χ0n) is 17.0. The largest absolute Gasteiger partial charge is 0.487 e. The third-order valence-corrected chi connectivity index (χ3v) is 6.20. The van der Waals surface area contributed by atoms with Gasteiger partial charge in [0.2, 0.25) is 5.89 Å². The molecule has 4 rings (SSSR count). The van der Waals surface area contributed by atoms with Crippen molar-refractivity contribution < 1.29 is 19.1 Å². The average molecular weight is 425 g/mol. The van der Waals surface area contributed by atoms with Gasteiger partial charge in [0.05, 0.1) is 0 Å². The number of aromatic nitrogens is 1. The van der Waals surface area contributed by atoms with Crippen molar-refractivity contribution in [3.8, 4) is 17.2 Å². The summed E-state index contributed by atoms with van der Waals surface area (Å²) in [5, 5.41) is 9.30. The molecule has 0 spiro atoms. The lowest BCUT2D eigenvalue weighted by molar-refractivity contribution is -0.141. The van der Waals surface area contributed by atoms with E-state index >= 15 is 0 Å². The standard InChI is InChI=1S/C23H24N2O4S/c1-15-3-7-18(8-4-15)22-24-20(16(2)29-22)12-28-19-9-5-17(6-10-19)11-25-14-30-13-21(25)23(26)27/h3-10,21H,11-14H2,1-2H3,(H,26,27)/t21-/m1/s1. The number of thioether (sulfide) groups is 1. The van der Waals surface area contributed by atoms with Crippen LogP contribution in [0.2, 0.25) is 0 Å². The van der Waals surface area contributed by atoms with Gasteiger partial charge in [-0.25, -0.2) is 4.98 Å². The van der Waals surface area contributed by atoms with Gasteiger partial charge in [0, 0.05) is 23.7 Å². The Morgan fingerprint density at radius 1 is 1.20 bits per heavy atom. The molecule has 156 valence electrons. The number of hydrogen-bond donors (Lipinski definition) is 1. The summed E-state index contributed by atoms with van der Waals surface area (Å²) in [4.78, 5) is 17.9. The fourth-order valence-corrected chi connectivity index (χ4v) is 4.51. The second kappa shape index (κ2) is 8.93. The fourth-order valence-electron chi connectivity index (χ4n) is 3.32. The highest BCUT2D eigenvalue weighted by atomic mass is 32.2. The van der Waals surface area contributed by atoms with E-state index in [4.69, 9.17) is 9.15 Å². The van der Waals surface area contributed by atoms with Gasteiger partial charge in [0.25, 0.3) is 0 Å². The first kappa shape index (κ1) is 20.5. The lowest BCUT2D eigenvalue weighted by Crippen LogP contribution is -2.37. The lowest BCUT2D eigenvalue weighted by atomic mass is 10.1. The molecule has 0 saturated carbocycles. The number of carboxylic acids is 1. The van der Waals surface area contributed by atoms with Crippen molar-refractivity contribution in [3.63, 3.8) is 0 Å². The molecule has 2 heterocycles. The molecule has 1 aliphatic heterocycles. The van der Waals surface area contributed by atoms with Gasteiger partial charge in [0.1, 0.15) is 29.9 Å². The molecule has 0 radical (unpaired) electrons. The molecule has 0 amide bonds. The van der Waals surface area contributed by atoms with E-state index in [1.165, 1.54) is 5.56 Å². The van der Waals surface area contributed by atoms with Gasteiger partial charge in [-0.05, 0) is 43.7 Å². The van der Waals surface area contributed by atoms with Crippen LogP contribution in [0.4, 0.5) is 0 Å². The smallest absolute Gasteiger partial charge is 0.321 e. The summed E-state index contributed by atoms with van der Waals surface area (Å²) in [7, 11) is 0. The number of carboxylic acid groups (broad SMARTS) is 1. The van der Waals surface area contributed by atoms with E-state index < -0.39 is 12.0 Å². The first-order valence-corrected chi connectivity index (χ1v) is 10.9. The van der Waals surface area contributed by atoms with Crippen molar-refractivity contribution in [1.82, 2.24) is 9.88 Å². The van der Waals surface area contributed by atoms with Crippen LogP contribution in [0.25, 0.3) is 11.5 Å². The maximum atomic E-state index is 11.3. The Balaban J connectivity index is 1.36. The molecule has 0 bridgehead atoms. The van der Waals surface area contributed by atoms with Gasteiger partial charge in [-0.1, -0.05) is 29.8 Å². The molecule has 1 N–H and O–H groups in total. The second-order valence-electron chi connectivity index (χ2n) is 7.42. The highest BCUT2D eigenvalue weighted by Crippen LogP contribution is 2.25. The minimum Gasteiger partial charge on any atom is -0.487 e. The van der Waals surface area contributed by atoms with Gasteiger partial charge in [0.15, 0.2) is 0 Å². The quantitative estimate of drug-likeness (QED) is 0.598. The minimum absolute atomic E-state index is 0.324. The predicted molar refractivity (Wildman–Crippen MR) is 116 cm³/mol. The number of oxazole rings is 1. The summed E-state index contributed by atoms with van der Waals surface area (Å²) in [6, 6.07) is 15.4. The van der Waals surface area contributed by atoms with Gasteiger partial charge in [-0.3, -0.25) is 9.69 Å². The highest BCUT2D eigenvalue weighted by Gasteiger charge is 2.30. The molecular weight excluding hydrogens is 400 g/mol. The lowest BCUT2D eigenvalue weighted by Gasteiger charge is -2.20. The van der Waals surface area contributed by atoms with E-state index in [1.807, 2.05) is 67.3 Å². The number of rotatable bonds is 7. The maximum Gasteiger partial charge on any atom is 0.321 e. The average Bonchev–Trinajstić information content (AvgIpc) is 3.35. The normalized spacial score (nSPS) is 16.7. The molecule has 0 unspecified atom stereocenters. The SMILES string of the molecule is Cc1ccc(-c2nc(COc3ccc(CN4CSC[C@@H]4C(=O)O)cc3)c(C)o2)cc1. The van der Waals surface area contributed by atoms with Gasteiger partial charge < -0.3 is 14.3 Å². The Morgan fingerprint density at radius 3 is 2.63 bits per heavy atom. The Labute approximate surface area is 179 Å². The molecule has 1 saturated heterocycles. The monoisotopic (exact) mass is 424 g/mol. The third-order valence-electron chi connectivity index (χ3n) is 5.13. The molecule has 1 aliphatic rings. The second-order valence-corrected chi connectivity index (χ2v) is 8.42. The highest BCUT2D eigenvalue weighted by molar-refractivity contribution is 7.99. The van der Waals surface area contributed by atoms with Gasteiger partial charge in [-0.15, -0.1) is 11.8 Å². The van der Waals surface area contributed by atoms with Crippen LogP contribution < -0.4 is 4.74 Å². The molecular formula is C23H24N2O4S. The summed E-state index contributed by atoms with van der Waals surface area (Å²) < 4.78 is 11.7. The van der Waals surface area contributed by atoms with Crippen LogP contribution in [0.3, 0.4) is 0 Å². The maximum absolute atomic E-state index is 11.3. The first-order valence-electron chi connectivity index (χ1n) is 9.79. The van der Waals surface area contributed by atoms with E-state index in [1.54, 1.807) is 11.8 Å². The predicted octanol–water partition coefficient (Wildman–Crippen LogP) is 4.50. The molecule has 7 heteroatoms. The van der Waals surface area contributed by atoms with Crippen molar-refractivity contribution in [3.05, 3.63) is 71.1 Å². The number of aryl methyl sites for hydroxylation is 2. The van der Waals surface area contributed by atoms with Crippen LogP contribution >= 0.6 is 11.8 Å². The number of aliphatic carboxylic acids is 1. The van der Waals surface area contributed by atoms with Crippen LogP contribution in [0.5, 0.6) is 5.75 Å². The van der Waals surface area contributed by atoms with Crippen LogP contribution in [0.15, 0.2) is 52.9 Å². The van der Waals surface area contributed by atoms with E-state index in [0.29, 0.717) is 24.8 Å². The molecule has 2 aromatic carbocycles. The third kappa shape index (κ3) is 4.68.